The fourth-order valence-electron chi connectivity index (χ4n) is 4.97. The lowest BCUT2D eigenvalue weighted by molar-refractivity contribution is -0.132. The first-order valence-electron chi connectivity index (χ1n) is 9.77. The summed E-state index contributed by atoms with van der Waals surface area (Å²) in [6.07, 6.45) is 6.62. The van der Waals surface area contributed by atoms with E-state index < -0.39 is 9.84 Å². The molecule has 0 N–H and O–H groups in total. The van der Waals surface area contributed by atoms with E-state index in [2.05, 4.69) is 16.8 Å². The molecule has 0 radical (unpaired) electrons. The van der Waals surface area contributed by atoms with E-state index in [1.807, 2.05) is 23.9 Å². The van der Waals surface area contributed by atoms with Crippen molar-refractivity contribution in [2.75, 3.05) is 25.6 Å². The number of piperidine rings is 1. The molecule has 7 heteroatoms. The summed E-state index contributed by atoms with van der Waals surface area (Å²) in [6.45, 7) is 0.870. The van der Waals surface area contributed by atoms with Crippen molar-refractivity contribution >= 4 is 27.5 Å². The van der Waals surface area contributed by atoms with Crippen LogP contribution < -0.4 is 0 Å². The van der Waals surface area contributed by atoms with Crippen LogP contribution >= 0.6 is 11.8 Å². The van der Waals surface area contributed by atoms with Crippen LogP contribution in [-0.2, 0) is 14.6 Å². The summed E-state index contributed by atoms with van der Waals surface area (Å²) in [5, 5.41) is 0.579. The Kier molecular flexibility index (Phi) is 5.29. The summed E-state index contributed by atoms with van der Waals surface area (Å²) < 4.78 is 23.4. The van der Waals surface area contributed by atoms with Gasteiger partial charge in [0.25, 0.3) is 0 Å². The molecule has 3 saturated heterocycles. The Morgan fingerprint density at radius 3 is 2.52 bits per heavy atom. The topological polar surface area (TPSA) is 57.7 Å². The third-order valence-electron chi connectivity index (χ3n) is 6.34. The molecular weight excluding hydrogens is 380 g/mol. The highest BCUT2D eigenvalue weighted by Gasteiger charge is 2.47. The maximum Gasteiger partial charge on any atom is 0.224 e. The van der Waals surface area contributed by atoms with E-state index in [1.165, 1.54) is 24.9 Å². The molecule has 4 rings (SSSR count). The number of rotatable bonds is 4. The van der Waals surface area contributed by atoms with Gasteiger partial charge in [-0.25, -0.2) is 8.42 Å². The second-order valence-corrected chi connectivity index (χ2v) is 11.6. The van der Waals surface area contributed by atoms with Gasteiger partial charge in [-0.1, -0.05) is 12.1 Å². The average molecular weight is 409 g/mol. The first-order chi connectivity index (χ1) is 12.8. The highest BCUT2D eigenvalue weighted by atomic mass is 32.2. The normalized spacial score (nSPS) is 32.1. The Labute approximate surface area is 166 Å². The number of carbonyl (C=O) groups excluding carboxylic acids is 1. The lowest BCUT2D eigenvalue weighted by Crippen LogP contribution is -2.52. The predicted octanol–water partition coefficient (Wildman–Crippen LogP) is 2.93. The van der Waals surface area contributed by atoms with Gasteiger partial charge in [-0.2, -0.15) is 11.8 Å². The van der Waals surface area contributed by atoms with Gasteiger partial charge < -0.3 is 4.90 Å². The summed E-state index contributed by atoms with van der Waals surface area (Å²) >= 11 is 2.00. The van der Waals surface area contributed by atoms with Crippen molar-refractivity contribution in [3.63, 3.8) is 0 Å². The Hall–Kier alpha value is -1.05. The maximum absolute atomic E-state index is 12.7. The molecular formula is C20H28N2O3S2. The highest BCUT2D eigenvalue weighted by molar-refractivity contribution is 8.00. The largest absolute Gasteiger partial charge is 0.326 e. The molecule has 0 aromatic heterocycles. The SMILES string of the molecule is CN1C(c2ccc(S(C)(=O)=O)cc2)CCC2CC(=O)N(CC3CCCS3)C21. The lowest BCUT2D eigenvalue weighted by Gasteiger charge is -2.45. The highest BCUT2D eigenvalue weighted by Crippen LogP contribution is 2.43. The van der Waals surface area contributed by atoms with Crippen LogP contribution in [0, 0.1) is 5.92 Å². The van der Waals surface area contributed by atoms with Crippen molar-refractivity contribution in [1.82, 2.24) is 9.80 Å². The zero-order valence-electron chi connectivity index (χ0n) is 16.0. The van der Waals surface area contributed by atoms with Gasteiger partial charge in [-0.3, -0.25) is 9.69 Å². The van der Waals surface area contributed by atoms with E-state index in [-0.39, 0.29) is 12.2 Å². The molecule has 0 aliphatic carbocycles. The van der Waals surface area contributed by atoms with Gasteiger partial charge in [0.15, 0.2) is 9.84 Å². The van der Waals surface area contributed by atoms with E-state index in [0.29, 0.717) is 28.4 Å². The Morgan fingerprint density at radius 1 is 1.15 bits per heavy atom. The van der Waals surface area contributed by atoms with Crippen molar-refractivity contribution in [2.45, 2.75) is 54.5 Å². The average Bonchev–Trinajstić information content (AvgIpc) is 3.24. The molecule has 5 nitrogen and oxygen atoms in total. The Balaban J connectivity index is 1.54. The van der Waals surface area contributed by atoms with Crippen LogP contribution in [0.2, 0.25) is 0 Å². The molecule has 3 heterocycles. The van der Waals surface area contributed by atoms with Crippen LogP contribution in [-0.4, -0.2) is 61.1 Å². The van der Waals surface area contributed by atoms with Crippen LogP contribution in [0.5, 0.6) is 0 Å². The molecule has 1 aromatic carbocycles. The monoisotopic (exact) mass is 408 g/mol. The fraction of sp³-hybridized carbons (Fsp3) is 0.650. The number of sulfone groups is 1. The van der Waals surface area contributed by atoms with Crippen molar-refractivity contribution < 1.29 is 13.2 Å². The van der Waals surface area contributed by atoms with Crippen molar-refractivity contribution in [3.8, 4) is 0 Å². The van der Waals surface area contributed by atoms with Gasteiger partial charge >= 0.3 is 0 Å². The minimum absolute atomic E-state index is 0.173. The van der Waals surface area contributed by atoms with E-state index in [0.717, 1.165) is 24.9 Å². The summed E-state index contributed by atoms with van der Waals surface area (Å²) in [5.41, 5.74) is 1.14. The molecule has 3 aliphatic heterocycles. The van der Waals surface area contributed by atoms with Crippen molar-refractivity contribution in [2.24, 2.45) is 5.92 Å². The number of benzene rings is 1. The van der Waals surface area contributed by atoms with Gasteiger partial charge in [-0.05, 0) is 56.2 Å². The van der Waals surface area contributed by atoms with Gasteiger partial charge in [0.1, 0.15) is 0 Å². The zero-order chi connectivity index (χ0) is 19.2. The summed E-state index contributed by atoms with van der Waals surface area (Å²) in [6, 6.07) is 7.51. The summed E-state index contributed by atoms with van der Waals surface area (Å²) in [5.74, 6) is 1.93. The zero-order valence-corrected chi connectivity index (χ0v) is 17.6. The van der Waals surface area contributed by atoms with Gasteiger partial charge in [0, 0.05) is 36.4 Å². The van der Waals surface area contributed by atoms with Crippen molar-refractivity contribution in [1.29, 1.82) is 0 Å². The number of amides is 1. The van der Waals surface area contributed by atoms with E-state index >= 15 is 0 Å². The molecule has 27 heavy (non-hydrogen) atoms. The standard InChI is InChI=1S/C20H28N2O3S2/c1-21-18(14-5-8-17(9-6-14)27(2,24)25)10-7-15-12-19(23)22(20(15)21)13-16-4-3-11-26-16/h5-6,8-9,15-16,18,20H,3-4,7,10-13H2,1-2H3. The number of carbonyl (C=O) groups is 1. The fourth-order valence-corrected chi connectivity index (χ4v) is 6.87. The van der Waals surface area contributed by atoms with Gasteiger partial charge in [0.05, 0.1) is 11.1 Å². The molecule has 0 bridgehead atoms. The third-order valence-corrected chi connectivity index (χ3v) is 8.84. The lowest BCUT2D eigenvalue weighted by atomic mass is 9.87. The van der Waals surface area contributed by atoms with E-state index in [9.17, 15) is 13.2 Å². The molecule has 0 spiro atoms. The number of hydrogen-bond acceptors (Lipinski definition) is 5. The molecule has 3 aliphatic rings. The molecule has 3 fully saturated rings. The second kappa shape index (κ2) is 7.41. The molecule has 1 aromatic rings. The van der Waals surface area contributed by atoms with Crippen LogP contribution in [0.15, 0.2) is 29.2 Å². The number of thioether (sulfide) groups is 1. The summed E-state index contributed by atoms with van der Waals surface area (Å²) in [7, 11) is -1.05. The minimum atomic E-state index is -3.18. The van der Waals surface area contributed by atoms with Crippen molar-refractivity contribution in [3.05, 3.63) is 29.8 Å². The quantitative estimate of drug-likeness (QED) is 0.767. The van der Waals surface area contributed by atoms with E-state index in [1.54, 1.807) is 12.1 Å². The smallest absolute Gasteiger partial charge is 0.224 e. The third kappa shape index (κ3) is 3.78. The first-order valence-corrected chi connectivity index (χ1v) is 12.7. The number of likely N-dealkylation sites (tertiary alicyclic amines) is 2. The number of fused-ring (bicyclic) bond motifs is 1. The Morgan fingerprint density at radius 2 is 1.89 bits per heavy atom. The van der Waals surface area contributed by atoms with Gasteiger partial charge in [0.2, 0.25) is 5.91 Å². The minimum Gasteiger partial charge on any atom is -0.326 e. The molecule has 1 amide bonds. The molecule has 4 atom stereocenters. The predicted molar refractivity (Wildman–Crippen MR) is 108 cm³/mol. The molecule has 148 valence electrons. The van der Waals surface area contributed by atoms with Crippen LogP contribution in [0.1, 0.15) is 43.7 Å². The molecule has 4 unspecified atom stereocenters. The van der Waals surface area contributed by atoms with E-state index in [4.69, 9.17) is 0 Å². The second-order valence-electron chi connectivity index (χ2n) is 8.16. The number of hydrogen-bond donors (Lipinski definition) is 0. The molecule has 0 saturated carbocycles. The van der Waals surface area contributed by atoms with Crippen LogP contribution in [0.3, 0.4) is 0 Å². The van der Waals surface area contributed by atoms with Crippen LogP contribution in [0.25, 0.3) is 0 Å². The maximum atomic E-state index is 12.7. The first kappa shape index (κ1) is 19.3. The van der Waals surface area contributed by atoms with Gasteiger partial charge in [-0.15, -0.1) is 0 Å². The number of nitrogens with zero attached hydrogens (tertiary/aromatic N) is 2. The van der Waals surface area contributed by atoms with Crippen LogP contribution in [0.4, 0.5) is 0 Å². The summed E-state index contributed by atoms with van der Waals surface area (Å²) in [4.78, 5) is 17.5. The Bertz CT molecular complexity index is 803.